The van der Waals surface area contributed by atoms with E-state index < -0.39 is 0 Å². The highest BCUT2D eigenvalue weighted by Crippen LogP contribution is 2.36. The van der Waals surface area contributed by atoms with E-state index in [0.717, 1.165) is 19.6 Å². The maximum Gasteiger partial charge on any atom is 0.0575 e. The second-order valence-electron chi connectivity index (χ2n) is 6.20. The first-order valence-corrected chi connectivity index (χ1v) is 6.84. The molecule has 1 N–H and O–H groups in total. The van der Waals surface area contributed by atoms with Gasteiger partial charge in [0.2, 0.25) is 0 Å². The predicted molar refractivity (Wildman–Crippen MR) is 69.7 cm³/mol. The number of nitrogens with one attached hydrogen (secondary N) is 1. The van der Waals surface area contributed by atoms with Gasteiger partial charge >= 0.3 is 0 Å². The average molecular weight is 227 g/mol. The average Bonchev–Trinajstić information content (AvgIpc) is 2.19. The van der Waals surface area contributed by atoms with Crippen LogP contribution in [0.3, 0.4) is 0 Å². The summed E-state index contributed by atoms with van der Waals surface area (Å²) < 4.78 is 5.92. The predicted octanol–water partition coefficient (Wildman–Crippen LogP) is 3.36. The van der Waals surface area contributed by atoms with Crippen LogP contribution in [-0.2, 0) is 4.74 Å². The first-order valence-electron chi connectivity index (χ1n) is 6.84. The summed E-state index contributed by atoms with van der Waals surface area (Å²) in [5, 5.41) is 3.42. The molecule has 0 spiro atoms. The van der Waals surface area contributed by atoms with Crippen LogP contribution in [-0.4, -0.2) is 25.3 Å². The zero-order valence-corrected chi connectivity index (χ0v) is 11.5. The minimum absolute atomic E-state index is 0.534. The van der Waals surface area contributed by atoms with Crippen molar-refractivity contribution in [2.24, 2.45) is 5.41 Å². The molecule has 0 heterocycles. The van der Waals surface area contributed by atoms with Crippen molar-refractivity contribution in [3.63, 3.8) is 0 Å². The Morgan fingerprint density at radius 3 is 2.44 bits per heavy atom. The van der Waals surface area contributed by atoms with Crippen molar-refractivity contribution < 1.29 is 4.74 Å². The maximum atomic E-state index is 5.92. The standard InChI is InChI=1S/C14H29NO/c1-12(2)15-10-5-11-16-13-6-8-14(3,4)9-7-13/h12-13,15H,5-11H2,1-4H3. The fourth-order valence-electron chi connectivity index (χ4n) is 2.25. The van der Waals surface area contributed by atoms with Gasteiger partial charge in [0.05, 0.1) is 6.10 Å². The summed E-state index contributed by atoms with van der Waals surface area (Å²) in [5.41, 5.74) is 0.555. The molecule has 0 bridgehead atoms. The first-order chi connectivity index (χ1) is 7.49. The Labute approximate surface area is 101 Å². The molecular weight excluding hydrogens is 198 g/mol. The third kappa shape index (κ3) is 5.86. The first kappa shape index (κ1) is 14.0. The summed E-state index contributed by atoms with van der Waals surface area (Å²) in [6.07, 6.45) is 6.82. The molecular formula is C14H29NO. The van der Waals surface area contributed by atoms with E-state index in [1.54, 1.807) is 0 Å². The number of ether oxygens (including phenoxy) is 1. The summed E-state index contributed by atoms with van der Waals surface area (Å²) in [6, 6.07) is 0.593. The van der Waals surface area contributed by atoms with E-state index in [2.05, 4.69) is 33.0 Å². The van der Waals surface area contributed by atoms with Gasteiger partial charge in [-0.25, -0.2) is 0 Å². The summed E-state index contributed by atoms with van der Waals surface area (Å²) in [7, 11) is 0. The van der Waals surface area contributed by atoms with Gasteiger partial charge < -0.3 is 10.1 Å². The minimum Gasteiger partial charge on any atom is -0.378 e. The van der Waals surface area contributed by atoms with Crippen molar-refractivity contribution in [3.8, 4) is 0 Å². The highest BCUT2D eigenvalue weighted by atomic mass is 16.5. The summed E-state index contributed by atoms with van der Waals surface area (Å²) in [4.78, 5) is 0. The van der Waals surface area contributed by atoms with Gasteiger partial charge in [-0.1, -0.05) is 27.7 Å². The van der Waals surface area contributed by atoms with Crippen LogP contribution in [0.2, 0.25) is 0 Å². The van der Waals surface area contributed by atoms with E-state index >= 15 is 0 Å². The van der Waals surface area contributed by atoms with Crippen molar-refractivity contribution in [3.05, 3.63) is 0 Å². The Morgan fingerprint density at radius 2 is 1.88 bits per heavy atom. The molecule has 1 rings (SSSR count). The second-order valence-corrected chi connectivity index (χ2v) is 6.20. The summed E-state index contributed by atoms with van der Waals surface area (Å²) in [5.74, 6) is 0. The molecule has 0 amide bonds. The Kier molecular flexibility index (Phi) is 5.77. The molecule has 2 nitrogen and oxygen atoms in total. The zero-order valence-electron chi connectivity index (χ0n) is 11.5. The molecule has 0 atom stereocenters. The van der Waals surface area contributed by atoms with Gasteiger partial charge in [0, 0.05) is 12.6 Å². The molecule has 1 saturated carbocycles. The fourth-order valence-corrected chi connectivity index (χ4v) is 2.25. The molecule has 0 saturated heterocycles. The topological polar surface area (TPSA) is 21.3 Å². The van der Waals surface area contributed by atoms with Gasteiger partial charge in [-0.3, -0.25) is 0 Å². The molecule has 0 radical (unpaired) electrons. The third-order valence-electron chi connectivity index (χ3n) is 3.51. The van der Waals surface area contributed by atoms with Gasteiger partial charge in [0.25, 0.3) is 0 Å². The molecule has 1 aliphatic carbocycles. The third-order valence-corrected chi connectivity index (χ3v) is 3.51. The monoisotopic (exact) mass is 227 g/mol. The van der Waals surface area contributed by atoms with Gasteiger partial charge in [-0.15, -0.1) is 0 Å². The molecule has 0 aromatic carbocycles. The van der Waals surface area contributed by atoms with Crippen LogP contribution in [0.5, 0.6) is 0 Å². The maximum absolute atomic E-state index is 5.92. The molecule has 0 aromatic heterocycles. The summed E-state index contributed by atoms with van der Waals surface area (Å²) in [6.45, 7) is 11.1. The van der Waals surface area contributed by atoms with Crippen LogP contribution in [0.25, 0.3) is 0 Å². The van der Waals surface area contributed by atoms with Gasteiger partial charge in [0.1, 0.15) is 0 Å². The molecule has 96 valence electrons. The minimum atomic E-state index is 0.534. The van der Waals surface area contributed by atoms with Crippen LogP contribution in [0.1, 0.15) is 59.8 Å². The second kappa shape index (κ2) is 6.61. The lowest BCUT2D eigenvalue weighted by Crippen LogP contribution is -2.28. The Morgan fingerprint density at radius 1 is 1.25 bits per heavy atom. The molecule has 2 heteroatoms. The molecule has 0 unspecified atom stereocenters. The smallest absolute Gasteiger partial charge is 0.0575 e. The van der Waals surface area contributed by atoms with Crippen molar-refractivity contribution in [2.75, 3.05) is 13.2 Å². The van der Waals surface area contributed by atoms with Crippen molar-refractivity contribution >= 4 is 0 Å². The van der Waals surface area contributed by atoms with E-state index in [-0.39, 0.29) is 0 Å². The van der Waals surface area contributed by atoms with Crippen molar-refractivity contribution in [1.82, 2.24) is 5.32 Å². The molecule has 1 aliphatic rings. The largest absolute Gasteiger partial charge is 0.378 e. The van der Waals surface area contributed by atoms with Crippen LogP contribution >= 0.6 is 0 Å². The van der Waals surface area contributed by atoms with Crippen LogP contribution in [0.15, 0.2) is 0 Å². The normalized spacial score (nSPS) is 21.6. The fraction of sp³-hybridized carbons (Fsp3) is 1.00. The van der Waals surface area contributed by atoms with Crippen LogP contribution in [0.4, 0.5) is 0 Å². The highest BCUT2D eigenvalue weighted by Gasteiger charge is 2.26. The van der Waals surface area contributed by atoms with Crippen molar-refractivity contribution in [1.29, 1.82) is 0 Å². The van der Waals surface area contributed by atoms with E-state index in [0.29, 0.717) is 17.6 Å². The zero-order chi connectivity index (χ0) is 12.0. The Hall–Kier alpha value is -0.0800. The van der Waals surface area contributed by atoms with Crippen molar-refractivity contribution in [2.45, 2.75) is 71.9 Å². The van der Waals surface area contributed by atoms with E-state index in [1.165, 1.54) is 25.7 Å². The van der Waals surface area contributed by atoms with Gasteiger partial charge in [-0.2, -0.15) is 0 Å². The Balaban J connectivity index is 1.98. The Bertz CT molecular complexity index is 179. The molecule has 16 heavy (non-hydrogen) atoms. The quantitative estimate of drug-likeness (QED) is 0.703. The van der Waals surface area contributed by atoms with E-state index in [9.17, 15) is 0 Å². The van der Waals surface area contributed by atoms with E-state index in [1.807, 2.05) is 0 Å². The molecule has 0 aliphatic heterocycles. The lowest BCUT2D eigenvalue weighted by atomic mass is 9.76. The lowest BCUT2D eigenvalue weighted by molar-refractivity contribution is 0.00344. The lowest BCUT2D eigenvalue weighted by Gasteiger charge is -2.34. The number of hydrogen-bond acceptors (Lipinski definition) is 2. The summed E-state index contributed by atoms with van der Waals surface area (Å²) >= 11 is 0. The van der Waals surface area contributed by atoms with Gasteiger partial charge in [-0.05, 0) is 44.1 Å². The molecule has 0 aromatic rings. The van der Waals surface area contributed by atoms with Crippen LogP contribution in [0, 0.1) is 5.41 Å². The number of hydrogen-bond donors (Lipinski definition) is 1. The SMILES string of the molecule is CC(C)NCCCOC1CCC(C)(C)CC1. The van der Waals surface area contributed by atoms with E-state index in [4.69, 9.17) is 4.74 Å². The molecule has 1 fully saturated rings. The van der Waals surface area contributed by atoms with Gasteiger partial charge in [0.15, 0.2) is 0 Å². The van der Waals surface area contributed by atoms with Crippen LogP contribution < -0.4 is 5.32 Å². The number of rotatable bonds is 6. The highest BCUT2D eigenvalue weighted by molar-refractivity contribution is 4.78.